The van der Waals surface area contributed by atoms with Crippen LogP contribution in [-0.4, -0.2) is 38.5 Å². The van der Waals surface area contributed by atoms with Crippen molar-refractivity contribution in [2.24, 2.45) is 5.73 Å². The minimum absolute atomic E-state index is 0.0543. The number of anilines is 1. The summed E-state index contributed by atoms with van der Waals surface area (Å²) in [5.74, 6) is 0. The first-order valence-corrected chi connectivity index (χ1v) is 5.95. The van der Waals surface area contributed by atoms with Crippen molar-refractivity contribution in [3.63, 3.8) is 0 Å². The van der Waals surface area contributed by atoms with Crippen molar-refractivity contribution in [1.29, 1.82) is 0 Å². The summed E-state index contributed by atoms with van der Waals surface area (Å²) in [7, 11) is 1.98. The van der Waals surface area contributed by atoms with E-state index in [1.807, 2.05) is 25.2 Å². The molecule has 0 saturated carbocycles. The average Bonchev–Trinajstić information content (AvgIpc) is 2.34. The predicted octanol–water partition coefficient (Wildman–Crippen LogP) is 1.24. The number of likely N-dealkylation sites (N-methyl/N-ethyl adjacent to an activating group) is 1. The number of nitrogens with zero attached hydrogens (tertiary/aromatic N) is 1. The molecular formula is C12H19ClN2O2. The van der Waals surface area contributed by atoms with Gasteiger partial charge in [-0.05, 0) is 23.8 Å². The molecule has 0 fully saturated rings. The highest BCUT2D eigenvalue weighted by Crippen LogP contribution is 2.22. The monoisotopic (exact) mass is 258 g/mol. The molecule has 0 aromatic heterocycles. The Labute approximate surface area is 107 Å². The highest BCUT2D eigenvalue weighted by molar-refractivity contribution is 6.30. The van der Waals surface area contributed by atoms with E-state index < -0.39 is 0 Å². The minimum Gasteiger partial charge on any atom is -0.394 e. The number of nitrogens with two attached hydrogens (primary N) is 1. The van der Waals surface area contributed by atoms with Crippen LogP contribution in [0.25, 0.3) is 0 Å². The molecule has 0 aliphatic heterocycles. The lowest BCUT2D eigenvalue weighted by Gasteiger charge is -2.22. The second-order valence-corrected chi connectivity index (χ2v) is 4.17. The summed E-state index contributed by atoms with van der Waals surface area (Å²) in [4.78, 5) is 2.07. The molecule has 0 radical (unpaired) electrons. The number of benzene rings is 1. The van der Waals surface area contributed by atoms with Crippen LogP contribution in [0.15, 0.2) is 18.2 Å². The van der Waals surface area contributed by atoms with E-state index in [9.17, 15) is 0 Å². The fourth-order valence-corrected chi connectivity index (χ4v) is 1.77. The Morgan fingerprint density at radius 2 is 2.18 bits per heavy atom. The van der Waals surface area contributed by atoms with Gasteiger partial charge in [-0.3, -0.25) is 0 Å². The van der Waals surface area contributed by atoms with Gasteiger partial charge < -0.3 is 20.5 Å². The van der Waals surface area contributed by atoms with Crippen molar-refractivity contribution in [2.75, 3.05) is 38.3 Å². The molecule has 0 atom stereocenters. The summed E-state index contributed by atoms with van der Waals surface area (Å²) in [5, 5.41) is 9.29. The van der Waals surface area contributed by atoms with Gasteiger partial charge in [0.15, 0.2) is 0 Å². The van der Waals surface area contributed by atoms with Crippen molar-refractivity contribution in [1.82, 2.24) is 0 Å². The van der Waals surface area contributed by atoms with Crippen molar-refractivity contribution >= 4 is 17.3 Å². The zero-order valence-corrected chi connectivity index (χ0v) is 10.8. The number of rotatable bonds is 7. The fraction of sp³-hybridized carbons (Fsp3) is 0.500. The lowest BCUT2D eigenvalue weighted by molar-refractivity contribution is 0.0971. The normalized spacial score (nSPS) is 10.6. The molecule has 0 bridgehead atoms. The average molecular weight is 259 g/mol. The van der Waals surface area contributed by atoms with E-state index in [1.54, 1.807) is 0 Å². The third-order valence-electron chi connectivity index (χ3n) is 2.48. The van der Waals surface area contributed by atoms with Crippen LogP contribution < -0.4 is 10.6 Å². The van der Waals surface area contributed by atoms with E-state index in [2.05, 4.69) is 4.90 Å². The third kappa shape index (κ3) is 4.52. The predicted molar refractivity (Wildman–Crippen MR) is 70.5 cm³/mol. The van der Waals surface area contributed by atoms with E-state index >= 15 is 0 Å². The Morgan fingerprint density at radius 3 is 2.82 bits per heavy atom. The maximum absolute atomic E-state index is 8.59. The van der Waals surface area contributed by atoms with Gasteiger partial charge in [0.2, 0.25) is 0 Å². The number of aliphatic hydroxyl groups is 1. The number of aliphatic hydroxyl groups excluding tert-OH is 1. The molecule has 0 heterocycles. The summed E-state index contributed by atoms with van der Waals surface area (Å²) in [5.41, 5.74) is 7.76. The molecule has 4 nitrogen and oxygen atoms in total. The van der Waals surface area contributed by atoms with E-state index in [-0.39, 0.29) is 6.61 Å². The quantitative estimate of drug-likeness (QED) is 0.723. The van der Waals surface area contributed by atoms with Crippen LogP contribution >= 0.6 is 11.6 Å². The highest BCUT2D eigenvalue weighted by Gasteiger charge is 2.06. The Balaban J connectivity index is 2.58. The molecule has 0 saturated heterocycles. The Morgan fingerprint density at radius 1 is 1.41 bits per heavy atom. The van der Waals surface area contributed by atoms with E-state index in [0.717, 1.165) is 17.8 Å². The lowest BCUT2D eigenvalue weighted by atomic mass is 10.1. The first-order valence-electron chi connectivity index (χ1n) is 5.57. The molecule has 0 amide bonds. The smallest absolute Gasteiger partial charge is 0.0698 e. The summed E-state index contributed by atoms with van der Waals surface area (Å²) in [6.45, 7) is 2.20. The molecule has 1 rings (SSSR count). The number of hydrogen-bond acceptors (Lipinski definition) is 4. The molecule has 3 N–H and O–H groups in total. The SMILES string of the molecule is CN(CCOCCO)c1ccc(Cl)cc1CN. The van der Waals surface area contributed by atoms with Gasteiger partial charge in [-0.2, -0.15) is 0 Å². The molecule has 1 aromatic rings. The molecule has 0 unspecified atom stereocenters. The summed E-state index contributed by atoms with van der Waals surface area (Å²) in [6, 6.07) is 5.68. The molecule has 5 heteroatoms. The summed E-state index contributed by atoms with van der Waals surface area (Å²) >= 11 is 5.92. The van der Waals surface area contributed by atoms with Gasteiger partial charge in [-0.25, -0.2) is 0 Å². The molecule has 0 aliphatic rings. The van der Waals surface area contributed by atoms with Gasteiger partial charge in [0.25, 0.3) is 0 Å². The van der Waals surface area contributed by atoms with E-state index in [0.29, 0.717) is 24.8 Å². The maximum atomic E-state index is 8.59. The zero-order valence-electron chi connectivity index (χ0n) is 10.0. The molecule has 1 aromatic carbocycles. The van der Waals surface area contributed by atoms with Crippen LogP contribution in [0.5, 0.6) is 0 Å². The Kier molecular flexibility index (Phi) is 6.29. The van der Waals surface area contributed by atoms with Gasteiger partial charge >= 0.3 is 0 Å². The Bertz CT molecular complexity index is 347. The van der Waals surface area contributed by atoms with E-state index in [1.165, 1.54) is 0 Å². The second-order valence-electron chi connectivity index (χ2n) is 3.73. The Hall–Kier alpha value is -0.810. The van der Waals surface area contributed by atoms with Crippen molar-refractivity contribution in [2.45, 2.75) is 6.54 Å². The van der Waals surface area contributed by atoms with Crippen molar-refractivity contribution in [3.8, 4) is 0 Å². The zero-order chi connectivity index (χ0) is 12.7. The number of ether oxygens (including phenoxy) is 1. The van der Waals surface area contributed by atoms with E-state index in [4.69, 9.17) is 27.2 Å². The molecular weight excluding hydrogens is 240 g/mol. The maximum Gasteiger partial charge on any atom is 0.0698 e. The van der Waals surface area contributed by atoms with Crippen LogP contribution in [0.3, 0.4) is 0 Å². The van der Waals surface area contributed by atoms with Crippen LogP contribution in [0, 0.1) is 0 Å². The van der Waals surface area contributed by atoms with Crippen LogP contribution in [0.4, 0.5) is 5.69 Å². The van der Waals surface area contributed by atoms with Gasteiger partial charge in [-0.1, -0.05) is 11.6 Å². The standard InChI is InChI=1S/C12H19ClN2O2/c1-15(4-6-17-7-5-16)12-3-2-11(13)8-10(12)9-14/h2-3,8,16H,4-7,9,14H2,1H3. The van der Waals surface area contributed by atoms with Crippen molar-refractivity contribution in [3.05, 3.63) is 28.8 Å². The summed E-state index contributed by atoms with van der Waals surface area (Å²) in [6.07, 6.45) is 0. The van der Waals surface area contributed by atoms with Gasteiger partial charge in [0.1, 0.15) is 0 Å². The van der Waals surface area contributed by atoms with Crippen LogP contribution in [0.2, 0.25) is 5.02 Å². The van der Waals surface area contributed by atoms with Crippen molar-refractivity contribution < 1.29 is 9.84 Å². The molecule has 0 aliphatic carbocycles. The lowest BCUT2D eigenvalue weighted by Crippen LogP contribution is -2.24. The first kappa shape index (κ1) is 14.3. The second kappa shape index (κ2) is 7.50. The first-order chi connectivity index (χ1) is 8.19. The van der Waals surface area contributed by atoms with Gasteiger partial charge in [0.05, 0.1) is 19.8 Å². The van der Waals surface area contributed by atoms with Gasteiger partial charge in [0, 0.05) is 30.8 Å². The van der Waals surface area contributed by atoms with Crippen LogP contribution in [0.1, 0.15) is 5.56 Å². The largest absolute Gasteiger partial charge is 0.394 e. The summed E-state index contributed by atoms with van der Waals surface area (Å²) < 4.78 is 5.22. The molecule has 17 heavy (non-hydrogen) atoms. The number of hydrogen-bond donors (Lipinski definition) is 2. The fourth-order valence-electron chi connectivity index (χ4n) is 1.58. The molecule has 0 spiro atoms. The topological polar surface area (TPSA) is 58.7 Å². The third-order valence-corrected chi connectivity index (χ3v) is 2.71. The van der Waals surface area contributed by atoms with Crippen LogP contribution in [-0.2, 0) is 11.3 Å². The highest BCUT2D eigenvalue weighted by atomic mass is 35.5. The number of halogens is 1. The minimum atomic E-state index is 0.0543. The molecule has 96 valence electrons. The van der Waals surface area contributed by atoms with Gasteiger partial charge in [-0.15, -0.1) is 0 Å².